The number of carbonyl (C=O) groups is 1. The first kappa shape index (κ1) is 21.3. The van der Waals surface area contributed by atoms with Gasteiger partial charge in [-0.2, -0.15) is 0 Å². The van der Waals surface area contributed by atoms with Crippen molar-refractivity contribution in [1.29, 1.82) is 0 Å². The van der Waals surface area contributed by atoms with Gasteiger partial charge in [-0.25, -0.2) is 9.79 Å². The van der Waals surface area contributed by atoms with Gasteiger partial charge >= 0.3 is 5.97 Å². The van der Waals surface area contributed by atoms with Crippen molar-refractivity contribution in [3.8, 4) is 17.2 Å². The zero-order valence-electron chi connectivity index (χ0n) is 16.7. The van der Waals surface area contributed by atoms with E-state index >= 15 is 0 Å². The molecule has 7 nitrogen and oxygen atoms in total. The number of aromatic hydroxyl groups is 1. The first-order valence-corrected chi connectivity index (χ1v) is 9.88. The van der Waals surface area contributed by atoms with E-state index < -0.39 is 5.97 Å². The Morgan fingerprint density at radius 1 is 1.13 bits per heavy atom. The Labute approximate surface area is 178 Å². The quantitative estimate of drug-likeness (QED) is 0.650. The van der Waals surface area contributed by atoms with Crippen LogP contribution in [-0.2, 0) is 9.53 Å². The third kappa shape index (κ3) is 4.60. The van der Waals surface area contributed by atoms with Gasteiger partial charge in [0.1, 0.15) is 22.1 Å². The van der Waals surface area contributed by atoms with E-state index in [1.807, 2.05) is 6.92 Å². The van der Waals surface area contributed by atoms with Crippen molar-refractivity contribution in [2.24, 2.45) is 4.99 Å². The fraction of sp³-hybridized carbons (Fsp3) is 0.182. The van der Waals surface area contributed by atoms with Gasteiger partial charge in [0.2, 0.25) is 0 Å². The Hall–Kier alpha value is -3.39. The molecule has 0 amide bonds. The number of esters is 1. The van der Waals surface area contributed by atoms with Crippen molar-refractivity contribution < 1.29 is 29.2 Å². The molecule has 2 aromatic rings. The van der Waals surface area contributed by atoms with Crippen molar-refractivity contribution in [3.05, 3.63) is 64.3 Å². The molecule has 0 radical (unpaired) electrons. The Morgan fingerprint density at radius 2 is 1.87 bits per heavy atom. The second-order valence-corrected chi connectivity index (χ2v) is 7.13. The molecular formula is C22H21NO6S. The fourth-order valence-corrected chi connectivity index (χ4v) is 3.76. The van der Waals surface area contributed by atoms with Crippen molar-refractivity contribution >= 4 is 34.5 Å². The smallest absolute Gasteiger partial charge is 0.344 e. The van der Waals surface area contributed by atoms with E-state index in [0.29, 0.717) is 39.3 Å². The van der Waals surface area contributed by atoms with Crippen molar-refractivity contribution in [2.45, 2.75) is 6.92 Å². The molecule has 0 spiro atoms. The zero-order chi connectivity index (χ0) is 21.7. The highest BCUT2D eigenvalue weighted by Gasteiger charge is 2.33. The number of hydrogen-bond acceptors (Lipinski definition) is 8. The van der Waals surface area contributed by atoms with E-state index in [0.717, 1.165) is 11.8 Å². The van der Waals surface area contributed by atoms with Crippen LogP contribution in [0.25, 0.3) is 6.08 Å². The number of aliphatic hydroxyl groups is 1. The average molecular weight is 427 g/mol. The van der Waals surface area contributed by atoms with E-state index in [9.17, 15) is 15.0 Å². The summed E-state index contributed by atoms with van der Waals surface area (Å²) in [6.07, 6.45) is 1.67. The highest BCUT2D eigenvalue weighted by atomic mass is 32.2. The number of benzene rings is 2. The molecule has 30 heavy (non-hydrogen) atoms. The van der Waals surface area contributed by atoms with E-state index in [1.165, 1.54) is 20.3 Å². The number of phenols is 1. The van der Waals surface area contributed by atoms with Gasteiger partial charge in [-0.3, -0.25) is 0 Å². The number of thioether (sulfide) groups is 1. The summed E-state index contributed by atoms with van der Waals surface area (Å²) >= 11 is 1.14. The molecule has 3 rings (SSSR count). The zero-order valence-corrected chi connectivity index (χ0v) is 17.5. The SMILES string of the molecule is CCOc1ccc(N=C2S/C(=C/c3ccc(O)c(OC)c3)C(O)=C2C(=O)OC)cc1. The largest absolute Gasteiger partial charge is 0.506 e. The first-order valence-electron chi connectivity index (χ1n) is 9.07. The van der Waals surface area contributed by atoms with Crippen LogP contribution in [0.5, 0.6) is 17.2 Å². The number of hydrogen-bond donors (Lipinski definition) is 2. The maximum absolute atomic E-state index is 12.3. The van der Waals surface area contributed by atoms with Crippen molar-refractivity contribution in [2.75, 3.05) is 20.8 Å². The summed E-state index contributed by atoms with van der Waals surface area (Å²) in [5.41, 5.74) is 1.27. The summed E-state index contributed by atoms with van der Waals surface area (Å²) in [4.78, 5) is 17.2. The molecule has 156 valence electrons. The minimum absolute atomic E-state index is 0.00601. The maximum Gasteiger partial charge on any atom is 0.344 e. The molecule has 1 aliphatic heterocycles. The van der Waals surface area contributed by atoms with Gasteiger partial charge in [0.25, 0.3) is 0 Å². The van der Waals surface area contributed by atoms with Gasteiger partial charge in [-0.15, -0.1) is 0 Å². The van der Waals surface area contributed by atoms with E-state index in [2.05, 4.69) is 4.99 Å². The second-order valence-electron chi connectivity index (χ2n) is 6.10. The normalized spacial score (nSPS) is 16.2. The Morgan fingerprint density at radius 3 is 2.50 bits per heavy atom. The van der Waals surface area contributed by atoms with Crippen LogP contribution in [0.2, 0.25) is 0 Å². The monoisotopic (exact) mass is 427 g/mol. The lowest BCUT2D eigenvalue weighted by molar-refractivity contribution is -0.135. The number of aliphatic hydroxyl groups excluding tert-OH is 1. The predicted octanol–water partition coefficient (Wildman–Crippen LogP) is 4.60. The van der Waals surface area contributed by atoms with Crippen LogP contribution in [-0.4, -0.2) is 42.1 Å². The van der Waals surface area contributed by atoms with Crippen LogP contribution < -0.4 is 9.47 Å². The maximum atomic E-state index is 12.3. The summed E-state index contributed by atoms with van der Waals surface area (Å²) in [7, 11) is 2.69. The van der Waals surface area contributed by atoms with Crippen LogP contribution in [0.3, 0.4) is 0 Å². The Kier molecular flexibility index (Phi) is 6.68. The standard InChI is InChI=1S/C22H21NO6S/c1-4-29-15-8-6-14(7-9-15)23-21-19(22(26)28-3)20(25)18(30-21)12-13-5-10-16(24)17(11-13)27-2/h5-12,24-25H,4H2,1-3H3/b18-12+,23-21?. The van der Waals surface area contributed by atoms with Gasteiger partial charge in [0.15, 0.2) is 11.5 Å². The van der Waals surface area contributed by atoms with Crippen LogP contribution in [0.4, 0.5) is 5.69 Å². The van der Waals surface area contributed by atoms with E-state index in [1.54, 1.807) is 42.5 Å². The second kappa shape index (κ2) is 9.41. The number of aliphatic imine (C=N–C) groups is 1. The third-order valence-electron chi connectivity index (χ3n) is 4.16. The molecule has 2 N–H and O–H groups in total. The first-order chi connectivity index (χ1) is 14.5. The summed E-state index contributed by atoms with van der Waals surface area (Å²) in [5, 5.41) is 20.7. The molecule has 0 unspecified atom stereocenters. The van der Waals surface area contributed by atoms with Gasteiger partial charge in [-0.1, -0.05) is 17.8 Å². The van der Waals surface area contributed by atoms with Crippen LogP contribution in [0.1, 0.15) is 12.5 Å². The van der Waals surface area contributed by atoms with Crippen molar-refractivity contribution in [3.63, 3.8) is 0 Å². The number of rotatable bonds is 6. The lowest BCUT2D eigenvalue weighted by Gasteiger charge is -2.05. The minimum atomic E-state index is -0.684. The summed E-state index contributed by atoms with van der Waals surface area (Å²) in [6, 6.07) is 11.9. The van der Waals surface area contributed by atoms with Crippen LogP contribution in [0.15, 0.2) is 63.7 Å². The number of ether oxygens (including phenoxy) is 3. The van der Waals surface area contributed by atoms with Crippen LogP contribution in [0, 0.1) is 0 Å². The Balaban J connectivity index is 1.98. The summed E-state index contributed by atoms with van der Waals surface area (Å²) in [5.74, 6) is 0.118. The lowest BCUT2D eigenvalue weighted by Crippen LogP contribution is -2.10. The predicted molar refractivity (Wildman–Crippen MR) is 117 cm³/mol. The molecule has 8 heteroatoms. The number of nitrogens with zero attached hydrogens (tertiary/aromatic N) is 1. The summed E-state index contributed by atoms with van der Waals surface area (Å²) < 4.78 is 15.4. The number of phenolic OH excluding ortho intramolecular Hbond substituents is 1. The highest BCUT2D eigenvalue weighted by molar-refractivity contribution is 8.18. The molecular weight excluding hydrogens is 406 g/mol. The molecule has 0 atom stereocenters. The molecule has 0 fully saturated rings. The molecule has 0 aromatic heterocycles. The molecule has 2 aromatic carbocycles. The van der Waals surface area contributed by atoms with Crippen LogP contribution >= 0.6 is 11.8 Å². The van der Waals surface area contributed by atoms with Gasteiger partial charge in [0, 0.05) is 0 Å². The van der Waals surface area contributed by atoms with E-state index in [4.69, 9.17) is 14.2 Å². The lowest BCUT2D eigenvalue weighted by atomic mass is 10.1. The van der Waals surface area contributed by atoms with E-state index in [-0.39, 0.29) is 17.1 Å². The van der Waals surface area contributed by atoms with Gasteiger partial charge in [0.05, 0.1) is 31.4 Å². The van der Waals surface area contributed by atoms with Crippen molar-refractivity contribution in [1.82, 2.24) is 0 Å². The Bertz CT molecular complexity index is 1040. The molecule has 0 bridgehead atoms. The molecule has 0 aliphatic carbocycles. The van der Waals surface area contributed by atoms with Gasteiger partial charge < -0.3 is 24.4 Å². The molecule has 1 aliphatic rings. The molecule has 0 saturated heterocycles. The molecule has 0 saturated carbocycles. The van der Waals surface area contributed by atoms with Gasteiger partial charge in [-0.05, 0) is 55.0 Å². The number of carbonyl (C=O) groups excluding carboxylic acids is 1. The summed E-state index contributed by atoms with van der Waals surface area (Å²) in [6.45, 7) is 2.46. The minimum Gasteiger partial charge on any atom is -0.506 e. The number of methoxy groups -OCH3 is 2. The fourth-order valence-electron chi connectivity index (χ4n) is 2.73. The topological polar surface area (TPSA) is 97.6 Å². The highest BCUT2D eigenvalue weighted by Crippen LogP contribution is 2.41. The molecule has 1 heterocycles. The third-order valence-corrected chi connectivity index (χ3v) is 5.18. The average Bonchev–Trinajstić information content (AvgIpc) is 3.05.